The van der Waals surface area contributed by atoms with E-state index >= 15 is 0 Å². The Balaban J connectivity index is 2.06. The number of hydrogen-bond acceptors (Lipinski definition) is 4. The Morgan fingerprint density at radius 1 is 1.05 bits per heavy atom. The van der Waals surface area contributed by atoms with Crippen molar-refractivity contribution < 1.29 is 4.39 Å². The van der Waals surface area contributed by atoms with Gasteiger partial charge >= 0.3 is 0 Å². The Hall–Kier alpha value is -2.04. The van der Waals surface area contributed by atoms with Crippen LogP contribution in [0.2, 0.25) is 0 Å². The van der Waals surface area contributed by atoms with Gasteiger partial charge in [0, 0.05) is 18.7 Å². The molecule has 0 N–H and O–H groups in total. The second kappa shape index (κ2) is 4.91. The highest BCUT2D eigenvalue weighted by Gasteiger charge is 2.20. The number of aryl methyl sites for hydroxylation is 1. The van der Waals surface area contributed by atoms with Gasteiger partial charge < -0.3 is 4.90 Å². The van der Waals surface area contributed by atoms with Gasteiger partial charge in [0.05, 0.1) is 0 Å². The zero-order valence-electron chi connectivity index (χ0n) is 10.8. The van der Waals surface area contributed by atoms with E-state index in [1.165, 1.54) is 25.0 Å². The van der Waals surface area contributed by atoms with Crippen molar-refractivity contribution in [2.75, 3.05) is 18.0 Å². The molecule has 0 aliphatic carbocycles. The first-order chi connectivity index (χ1) is 9.24. The molecule has 0 amide bonds. The van der Waals surface area contributed by atoms with Gasteiger partial charge in [0.1, 0.15) is 17.3 Å². The zero-order valence-corrected chi connectivity index (χ0v) is 10.8. The Labute approximate surface area is 111 Å². The zero-order chi connectivity index (χ0) is 13.2. The van der Waals surface area contributed by atoms with Gasteiger partial charge in [0.2, 0.25) is 0 Å². The summed E-state index contributed by atoms with van der Waals surface area (Å²) in [6.07, 6.45) is 2.35. The summed E-state index contributed by atoms with van der Waals surface area (Å²) in [5.41, 5.74) is 1.58. The number of nitrogens with zero attached hydrogens (tertiary/aromatic N) is 4. The smallest absolute Gasteiger partial charge is 0.159 e. The Bertz CT molecular complexity index is 576. The maximum Gasteiger partial charge on any atom is 0.159 e. The van der Waals surface area contributed by atoms with Crippen LogP contribution < -0.4 is 4.90 Å². The minimum Gasteiger partial charge on any atom is -0.355 e. The molecule has 0 spiro atoms. The number of rotatable bonds is 2. The standard InChI is InChI=1S/C14H15FN4/c1-10-16-14(19-8-2-3-9-19)13(18-17-10)11-4-6-12(15)7-5-11/h4-7H,2-3,8-9H2,1H3. The largest absolute Gasteiger partial charge is 0.355 e. The fourth-order valence-corrected chi connectivity index (χ4v) is 2.34. The summed E-state index contributed by atoms with van der Waals surface area (Å²) in [7, 11) is 0. The third kappa shape index (κ3) is 2.41. The Morgan fingerprint density at radius 2 is 1.74 bits per heavy atom. The Morgan fingerprint density at radius 3 is 2.42 bits per heavy atom. The summed E-state index contributed by atoms with van der Waals surface area (Å²) in [5.74, 6) is 1.27. The van der Waals surface area contributed by atoms with Crippen LogP contribution in [0.1, 0.15) is 18.7 Å². The lowest BCUT2D eigenvalue weighted by atomic mass is 10.1. The van der Waals surface area contributed by atoms with Gasteiger partial charge in [-0.2, -0.15) is 0 Å². The molecule has 2 heterocycles. The molecule has 0 unspecified atom stereocenters. The minimum atomic E-state index is -0.250. The highest BCUT2D eigenvalue weighted by molar-refractivity contribution is 5.71. The van der Waals surface area contributed by atoms with Crippen LogP contribution in [-0.4, -0.2) is 28.3 Å². The first-order valence-corrected chi connectivity index (χ1v) is 6.46. The lowest BCUT2D eigenvalue weighted by Gasteiger charge is -2.19. The van der Waals surface area contributed by atoms with Gasteiger partial charge in [-0.1, -0.05) is 0 Å². The van der Waals surface area contributed by atoms with Crippen LogP contribution >= 0.6 is 0 Å². The fraction of sp³-hybridized carbons (Fsp3) is 0.357. The second-order valence-corrected chi connectivity index (χ2v) is 4.73. The molecular weight excluding hydrogens is 243 g/mol. The number of aromatic nitrogens is 3. The predicted octanol–water partition coefficient (Wildman–Crippen LogP) is 2.59. The number of halogens is 1. The van der Waals surface area contributed by atoms with E-state index in [1.54, 1.807) is 12.1 Å². The molecule has 5 heteroatoms. The quantitative estimate of drug-likeness (QED) is 0.830. The van der Waals surface area contributed by atoms with Crippen molar-refractivity contribution in [1.29, 1.82) is 0 Å². The second-order valence-electron chi connectivity index (χ2n) is 4.73. The normalized spacial score (nSPS) is 14.9. The van der Waals surface area contributed by atoms with Gasteiger partial charge in [-0.05, 0) is 44.0 Å². The lowest BCUT2D eigenvalue weighted by Crippen LogP contribution is -2.21. The minimum absolute atomic E-state index is 0.250. The van der Waals surface area contributed by atoms with Crippen molar-refractivity contribution in [2.45, 2.75) is 19.8 Å². The first-order valence-electron chi connectivity index (χ1n) is 6.46. The van der Waals surface area contributed by atoms with E-state index in [4.69, 9.17) is 0 Å². The maximum absolute atomic E-state index is 13.0. The van der Waals surface area contributed by atoms with Crippen molar-refractivity contribution in [1.82, 2.24) is 15.2 Å². The average molecular weight is 258 g/mol. The van der Waals surface area contributed by atoms with E-state index in [0.29, 0.717) is 5.82 Å². The SMILES string of the molecule is Cc1nnc(-c2ccc(F)cc2)c(N2CCCC2)n1. The molecule has 0 radical (unpaired) electrons. The highest BCUT2D eigenvalue weighted by atomic mass is 19.1. The Kier molecular flexibility index (Phi) is 3.11. The highest BCUT2D eigenvalue weighted by Crippen LogP contribution is 2.28. The van der Waals surface area contributed by atoms with Gasteiger partial charge in [-0.15, -0.1) is 10.2 Å². The van der Waals surface area contributed by atoms with Gasteiger partial charge in [0.15, 0.2) is 5.82 Å². The van der Waals surface area contributed by atoms with Crippen molar-refractivity contribution in [3.05, 3.63) is 35.9 Å². The average Bonchev–Trinajstić information content (AvgIpc) is 2.94. The number of anilines is 1. The van der Waals surface area contributed by atoms with Crippen LogP contribution in [0.5, 0.6) is 0 Å². The van der Waals surface area contributed by atoms with E-state index in [1.807, 2.05) is 6.92 Å². The van der Waals surface area contributed by atoms with Gasteiger partial charge in [0.25, 0.3) is 0 Å². The molecule has 1 saturated heterocycles. The molecule has 1 aromatic carbocycles. The summed E-state index contributed by atoms with van der Waals surface area (Å²) in [4.78, 5) is 6.74. The van der Waals surface area contributed by atoms with Crippen molar-refractivity contribution in [3.63, 3.8) is 0 Å². The van der Waals surface area contributed by atoms with Crippen molar-refractivity contribution in [2.24, 2.45) is 0 Å². The molecule has 4 nitrogen and oxygen atoms in total. The fourth-order valence-electron chi connectivity index (χ4n) is 2.34. The van der Waals surface area contributed by atoms with Crippen molar-refractivity contribution >= 4 is 5.82 Å². The van der Waals surface area contributed by atoms with E-state index < -0.39 is 0 Å². The molecule has 98 valence electrons. The molecular formula is C14H15FN4. The van der Waals surface area contributed by atoms with Crippen LogP contribution in [-0.2, 0) is 0 Å². The molecule has 0 saturated carbocycles. The molecule has 1 aromatic heterocycles. The molecule has 0 bridgehead atoms. The van der Waals surface area contributed by atoms with E-state index in [2.05, 4.69) is 20.1 Å². The molecule has 0 atom stereocenters. The summed E-state index contributed by atoms with van der Waals surface area (Å²) in [5, 5.41) is 8.27. The van der Waals surface area contributed by atoms with Gasteiger partial charge in [-0.3, -0.25) is 0 Å². The van der Waals surface area contributed by atoms with E-state index in [0.717, 1.165) is 30.2 Å². The summed E-state index contributed by atoms with van der Waals surface area (Å²) < 4.78 is 13.0. The third-order valence-corrected chi connectivity index (χ3v) is 3.30. The van der Waals surface area contributed by atoms with Gasteiger partial charge in [-0.25, -0.2) is 9.37 Å². The first kappa shape index (κ1) is 12.0. The van der Waals surface area contributed by atoms with Crippen LogP contribution in [0.4, 0.5) is 10.2 Å². The van der Waals surface area contributed by atoms with Crippen LogP contribution in [0.3, 0.4) is 0 Å². The molecule has 1 fully saturated rings. The molecule has 1 aliphatic heterocycles. The molecule has 1 aliphatic rings. The van der Waals surface area contributed by atoms with E-state index in [-0.39, 0.29) is 5.82 Å². The molecule has 3 rings (SSSR count). The van der Waals surface area contributed by atoms with Crippen LogP contribution in [0, 0.1) is 12.7 Å². The summed E-state index contributed by atoms with van der Waals surface area (Å²) in [6.45, 7) is 3.82. The molecule has 2 aromatic rings. The van der Waals surface area contributed by atoms with Crippen molar-refractivity contribution in [3.8, 4) is 11.3 Å². The predicted molar refractivity (Wildman–Crippen MR) is 71.4 cm³/mol. The van der Waals surface area contributed by atoms with Crippen LogP contribution in [0.25, 0.3) is 11.3 Å². The monoisotopic (exact) mass is 258 g/mol. The van der Waals surface area contributed by atoms with Crippen LogP contribution in [0.15, 0.2) is 24.3 Å². The summed E-state index contributed by atoms with van der Waals surface area (Å²) >= 11 is 0. The number of benzene rings is 1. The maximum atomic E-state index is 13.0. The summed E-state index contributed by atoms with van der Waals surface area (Å²) in [6, 6.07) is 6.31. The topological polar surface area (TPSA) is 41.9 Å². The third-order valence-electron chi connectivity index (χ3n) is 3.30. The molecule has 19 heavy (non-hydrogen) atoms. The number of hydrogen-bond donors (Lipinski definition) is 0. The lowest BCUT2D eigenvalue weighted by molar-refractivity contribution is 0.628. The van der Waals surface area contributed by atoms with E-state index in [9.17, 15) is 4.39 Å².